The zero-order chi connectivity index (χ0) is 22.3. The SMILES string of the molecule is CC(C)NC(=O)[C@@H](C)N(Cc1c(Cl)cccc1Cl)C(=O)CCSc1ccc(Cl)cc1. The van der Waals surface area contributed by atoms with E-state index in [2.05, 4.69) is 5.32 Å². The molecule has 0 aromatic heterocycles. The summed E-state index contributed by atoms with van der Waals surface area (Å²) in [6.07, 6.45) is 0.272. The molecular weight excluding hydrogens is 463 g/mol. The van der Waals surface area contributed by atoms with Crippen molar-refractivity contribution in [3.05, 3.63) is 63.1 Å². The molecule has 2 aromatic carbocycles. The van der Waals surface area contributed by atoms with E-state index in [0.717, 1.165) is 4.90 Å². The Balaban J connectivity index is 2.13. The van der Waals surface area contributed by atoms with Gasteiger partial charge in [0.2, 0.25) is 11.8 Å². The third kappa shape index (κ3) is 7.38. The normalized spacial score (nSPS) is 12.0. The molecule has 0 saturated heterocycles. The van der Waals surface area contributed by atoms with Crippen LogP contribution in [0.1, 0.15) is 32.8 Å². The number of amides is 2. The number of halogens is 3. The molecule has 0 aliphatic heterocycles. The van der Waals surface area contributed by atoms with E-state index in [1.165, 1.54) is 4.90 Å². The van der Waals surface area contributed by atoms with Gasteiger partial charge in [0.05, 0.1) is 0 Å². The van der Waals surface area contributed by atoms with Crippen LogP contribution >= 0.6 is 46.6 Å². The van der Waals surface area contributed by atoms with Gasteiger partial charge in [0.15, 0.2) is 0 Å². The second-order valence-corrected chi connectivity index (χ2v) is 9.53. The molecule has 0 spiro atoms. The summed E-state index contributed by atoms with van der Waals surface area (Å²) >= 11 is 20.1. The standard InChI is InChI=1S/C22H25Cl3N2O2S/c1-14(2)26-22(29)15(3)27(13-18-19(24)5-4-6-20(18)25)21(28)11-12-30-17-9-7-16(23)8-10-17/h4-10,14-15H,11-13H2,1-3H3,(H,26,29)/t15-/m1/s1. The number of hydrogen-bond acceptors (Lipinski definition) is 3. The summed E-state index contributed by atoms with van der Waals surface area (Å²) in [7, 11) is 0. The Hall–Kier alpha value is -1.40. The Bertz CT molecular complexity index is 855. The topological polar surface area (TPSA) is 49.4 Å². The van der Waals surface area contributed by atoms with Crippen molar-refractivity contribution in [2.75, 3.05) is 5.75 Å². The van der Waals surface area contributed by atoms with Crippen LogP contribution in [0.4, 0.5) is 0 Å². The molecule has 2 rings (SSSR count). The van der Waals surface area contributed by atoms with Gasteiger partial charge in [-0.3, -0.25) is 9.59 Å². The van der Waals surface area contributed by atoms with E-state index in [4.69, 9.17) is 34.8 Å². The molecular formula is C22H25Cl3N2O2S. The van der Waals surface area contributed by atoms with Crippen LogP contribution in [0.15, 0.2) is 47.4 Å². The highest BCUT2D eigenvalue weighted by molar-refractivity contribution is 7.99. The molecule has 0 saturated carbocycles. The molecule has 8 heteroatoms. The number of nitrogens with zero attached hydrogens (tertiary/aromatic N) is 1. The maximum absolute atomic E-state index is 13.1. The number of carbonyl (C=O) groups excluding carboxylic acids is 2. The minimum absolute atomic E-state index is 0.0266. The van der Waals surface area contributed by atoms with Gasteiger partial charge in [-0.05, 0) is 57.2 Å². The second kappa shape index (κ2) is 11.8. The monoisotopic (exact) mass is 486 g/mol. The van der Waals surface area contributed by atoms with Gasteiger partial charge in [-0.15, -0.1) is 11.8 Å². The highest BCUT2D eigenvalue weighted by Gasteiger charge is 2.27. The van der Waals surface area contributed by atoms with Crippen LogP contribution in [-0.2, 0) is 16.1 Å². The third-order valence-corrected chi connectivity index (χ3v) is 6.36. The van der Waals surface area contributed by atoms with E-state index in [1.807, 2.05) is 38.1 Å². The number of thioether (sulfide) groups is 1. The van der Waals surface area contributed by atoms with Crippen LogP contribution < -0.4 is 5.32 Å². The average Bonchev–Trinajstić information content (AvgIpc) is 2.68. The smallest absolute Gasteiger partial charge is 0.242 e. The fraction of sp³-hybridized carbons (Fsp3) is 0.364. The van der Waals surface area contributed by atoms with Crippen molar-refractivity contribution in [2.45, 2.75) is 50.7 Å². The van der Waals surface area contributed by atoms with Crippen molar-refractivity contribution in [2.24, 2.45) is 0 Å². The molecule has 0 aliphatic carbocycles. The summed E-state index contributed by atoms with van der Waals surface area (Å²) in [5.74, 6) is 0.219. The van der Waals surface area contributed by atoms with E-state index < -0.39 is 6.04 Å². The van der Waals surface area contributed by atoms with Crippen molar-refractivity contribution in [3.63, 3.8) is 0 Å². The third-order valence-electron chi connectivity index (χ3n) is 4.39. The Morgan fingerprint density at radius 3 is 2.17 bits per heavy atom. The van der Waals surface area contributed by atoms with E-state index in [9.17, 15) is 9.59 Å². The lowest BCUT2D eigenvalue weighted by molar-refractivity contribution is -0.140. The highest BCUT2D eigenvalue weighted by Crippen LogP contribution is 2.27. The number of rotatable bonds is 9. The summed E-state index contributed by atoms with van der Waals surface area (Å²) < 4.78 is 0. The molecule has 0 aliphatic rings. The molecule has 0 fully saturated rings. The molecule has 0 unspecified atom stereocenters. The molecule has 2 amide bonds. The van der Waals surface area contributed by atoms with Gasteiger partial charge in [0, 0.05) is 50.3 Å². The van der Waals surface area contributed by atoms with Crippen LogP contribution in [0.2, 0.25) is 15.1 Å². The van der Waals surface area contributed by atoms with Gasteiger partial charge < -0.3 is 10.2 Å². The van der Waals surface area contributed by atoms with Crippen LogP contribution in [0.5, 0.6) is 0 Å². The zero-order valence-corrected chi connectivity index (χ0v) is 20.2. The van der Waals surface area contributed by atoms with Crippen LogP contribution in [0.3, 0.4) is 0 Å². The molecule has 30 heavy (non-hydrogen) atoms. The number of nitrogens with one attached hydrogen (secondary N) is 1. The first kappa shape index (κ1) is 24.9. The minimum Gasteiger partial charge on any atom is -0.352 e. The molecule has 0 radical (unpaired) electrons. The van der Waals surface area contributed by atoms with Crippen LogP contribution in [0.25, 0.3) is 0 Å². The fourth-order valence-electron chi connectivity index (χ4n) is 2.77. The minimum atomic E-state index is -0.659. The molecule has 0 bridgehead atoms. The molecule has 162 valence electrons. The lowest BCUT2D eigenvalue weighted by Crippen LogP contribution is -2.49. The summed E-state index contributed by atoms with van der Waals surface area (Å²) in [6.45, 7) is 5.64. The average molecular weight is 488 g/mol. The fourth-order valence-corrected chi connectivity index (χ4v) is 4.26. The van der Waals surface area contributed by atoms with E-state index in [0.29, 0.717) is 26.4 Å². The number of benzene rings is 2. The molecule has 2 aromatic rings. The number of hydrogen-bond donors (Lipinski definition) is 1. The quantitative estimate of drug-likeness (QED) is 0.437. The number of carbonyl (C=O) groups is 2. The molecule has 1 atom stereocenters. The van der Waals surface area contributed by atoms with Crippen LogP contribution in [-0.4, -0.2) is 34.6 Å². The van der Waals surface area contributed by atoms with Crippen molar-refractivity contribution >= 4 is 58.4 Å². The Morgan fingerprint density at radius 1 is 1.00 bits per heavy atom. The van der Waals surface area contributed by atoms with Gasteiger partial charge in [-0.1, -0.05) is 40.9 Å². The van der Waals surface area contributed by atoms with Crippen molar-refractivity contribution in [1.29, 1.82) is 0 Å². The summed E-state index contributed by atoms with van der Waals surface area (Å²) in [5.41, 5.74) is 0.628. The van der Waals surface area contributed by atoms with Gasteiger partial charge in [-0.2, -0.15) is 0 Å². The van der Waals surface area contributed by atoms with Crippen LogP contribution in [0, 0.1) is 0 Å². The summed E-state index contributed by atoms with van der Waals surface area (Å²) in [5, 5.41) is 4.46. The van der Waals surface area contributed by atoms with Crippen molar-refractivity contribution < 1.29 is 9.59 Å². The lowest BCUT2D eigenvalue weighted by atomic mass is 10.1. The van der Waals surface area contributed by atoms with Gasteiger partial charge in [0.25, 0.3) is 0 Å². The first-order valence-corrected chi connectivity index (χ1v) is 11.7. The molecule has 0 heterocycles. The van der Waals surface area contributed by atoms with E-state index in [1.54, 1.807) is 36.9 Å². The lowest BCUT2D eigenvalue weighted by Gasteiger charge is -2.30. The molecule has 4 nitrogen and oxygen atoms in total. The zero-order valence-electron chi connectivity index (χ0n) is 17.1. The maximum atomic E-state index is 13.1. The predicted octanol–water partition coefficient (Wildman–Crippen LogP) is 6.07. The Kier molecular flexibility index (Phi) is 9.82. The Morgan fingerprint density at radius 2 is 1.60 bits per heavy atom. The first-order valence-electron chi connectivity index (χ1n) is 9.60. The highest BCUT2D eigenvalue weighted by atomic mass is 35.5. The van der Waals surface area contributed by atoms with Gasteiger partial charge in [0.1, 0.15) is 6.04 Å². The first-order chi connectivity index (χ1) is 14.2. The van der Waals surface area contributed by atoms with Gasteiger partial charge in [-0.25, -0.2) is 0 Å². The molecule has 1 N–H and O–H groups in total. The maximum Gasteiger partial charge on any atom is 0.242 e. The largest absolute Gasteiger partial charge is 0.352 e. The van der Waals surface area contributed by atoms with Gasteiger partial charge >= 0.3 is 0 Å². The van der Waals surface area contributed by atoms with E-state index >= 15 is 0 Å². The summed E-state index contributed by atoms with van der Waals surface area (Å²) in [4.78, 5) is 28.2. The Labute approximate surface area is 197 Å². The van der Waals surface area contributed by atoms with E-state index in [-0.39, 0.29) is 30.8 Å². The predicted molar refractivity (Wildman–Crippen MR) is 127 cm³/mol. The summed E-state index contributed by atoms with van der Waals surface area (Å²) in [6, 6.07) is 12.0. The second-order valence-electron chi connectivity index (χ2n) is 7.11. The van der Waals surface area contributed by atoms with Crippen molar-refractivity contribution in [1.82, 2.24) is 10.2 Å². The van der Waals surface area contributed by atoms with Crippen molar-refractivity contribution in [3.8, 4) is 0 Å².